The van der Waals surface area contributed by atoms with Crippen molar-refractivity contribution in [3.63, 3.8) is 0 Å². The molecule has 4 heterocycles. The number of thiophene rings is 1. The van der Waals surface area contributed by atoms with Crippen LogP contribution in [0.3, 0.4) is 0 Å². The number of hydrogen-bond acceptors (Lipinski definition) is 8. The van der Waals surface area contributed by atoms with Crippen molar-refractivity contribution < 1.29 is 4.21 Å². The van der Waals surface area contributed by atoms with Crippen LogP contribution in [0.2, 0.25) is 0 Å². The van der Waals surface area contributed by atoms with Gasteiger partial charge in [-0.1, -0.05) is 32.2 Å². The maximum atomic E-state index is 12.9. The smallest absolute Gasteiger partial charge is 0.234 e. The van der Waals surface area contributed by atoms with Crippen LogP contribution in [0.25, 0.3) is 30.5 Å². The zero-order valence-electron chi connectivity index (χ0n) is 14.1. The van der Waals surface area contributed by atoms with Crippen LogP contribution < -0.4 is 4.72 Å². The van der Waals surface area contributed by atoms with Crippen LogP contribution in [-0.2, 0) is 15.2 Å². The van der Waals surface area contributed by atoms with Gasteiger partial charge in [-0.2, -0.15) is 0 Å². The van der Waals surface area contributed by atoms with Gasteiger partial charge in [0.2, 0.25) is 15.2 Å². The summed E-state index contributed by atoms with van der Waals surface area (Å²) in [5, 5.41) is 4.73. The lowest BCUT2D eigenvalue weighted by Crippen LogP contribution is -2.03. The van der Waals surface area contributed by atoms with Crippen molar-refractivity contribution in [2.24, 2.45) is 0 Å². The Kier molecular flexibility index (Phi) is 4.69. The topological polar surface area (TPSA) is 80.7 Å². The Hall–Kier alpha value is -2.53. The Morgan fingerprint density at radius 2 is 1.89 bits per heavy atom. The Balaban J connectivity index is 1.45. The molecule has 4 aromatic heterocycles. The molecule has 0 amide bonds. The minimum Gasteiger partial charge on any atom is -0.263 e. The molecule has 5 aromatic rings. The molecule has 10 heteroatoms. The van der Waals surface area contributed by atoms with Crippen molar-refractivity contribution in [2.75, 3.05) is 4.72 Å². The van der Waals surface area contributed by atoms with E-state index in [-0.39, 0.29) is 0 Å². The Bertz CT molecular complexity index is 1250. The van der Waals surface area contributed by atoms with Gasteiger partial charge in [0, 0.05) is 24.0 Å². The van der Waals surface area contributed by atoms with Crippen molar-refractivity contribution in [3.8, 4) is 20.3 Å². The molecule has 1 aromatic carbocycles. The van der Waals surface area contributed by atoms with E-state index >= 15 is 0 Å². The summed E-state index contributed by atoms with van der Waals surface area (Å²) in [6.07, 6.45) is 5.27. The van der Waals surface area contributed by atoms with Gasteiger partial charge in [0.15, 0.2) is 0 Å². The fraction of sp³-hybridized carbons (Fsp3) is 0. The molecule has 0 saturated heterocycles. The van der Waals surface area contributed by atoms with E-state index in [2.05, 4.69) is 19.3 Å². The fourth-order valence-corrected chi connectivity index (χ4v) is 6.46. The summed E-state index contributed by atoms with van der Waals surface area (Å²) in [4.78, 5) is 10.8. The molecule has 138 valence electrons. The second kappa shape index (κ2) is 7.47. The van der Waals surface area contributed by atoms with E-state index in [4.69, 9.17) is 4.98 Å². The van der Waals surface area contributed by atoms with Crippen molar-refractivity contribution in [1.82, 2.24) is 19.6 Å². The number of rotatable bonds is 5. The maximum Gasteiger partial charge on any atom is 0.234 e. The summed E-state index contributed by atoms with van der Waals surface area (Å²) in [6.45, 7) is 0. The van der Waals surface area contributed by atoms with Crippen LogP contribution >= 0.6 is 34.2 Å². The number of pyridine rings is 1. The van der Waals surface area contributed by atoms with E-state index in [1.54, 1.807) is 23.7 Å². The highest BCUT2D eigenvalue weighted by Gasteiger charge is 2.18. The van der Waals surface area contributed by atoms with Gasteiger partial charge in [0.05, 0.1) is 31.9 Å². The molecule has 1 N–H and O–H groups in total. The van der Waals surface area contributed by atoms with Gasteiger partial charge in [-0.05, 0) is 35.8 Å². The molecule has 0 fully saturated rings. The minimum atomic E-state index is -1.79. The normalized spacial score (nSPS) is 12.3. The van der Waals surface area contributed by atoms with E-state index in [0.717, 1.165) is 40.4 Å². The molecule has 5 rings (SSSR count). The Morgan fingerprint density at radius 1 is 0.964 bits per heavy atom. The van der Waals surface area contributed by atoms with Crippen molar-refractivity contribution in [1.29, 1.82) is 0 Å². The molecule has 6 nitrogen and oxygen atoms in total. The molecule has 0 aliphatic rings. The summed E-state index contributed by atoms with van der Waals surface area (Å²) < 4.78 is 21.8. The third kappa shape index (κ3) is 3.35. The van der Waals surface area contributed by atoms with Crippen LogP contribution in [0.4, 0.5) is 5.69 Å². The molecule has 1 atom stereocenters. The quantitative estimate of drug-likeness (QED) is 0.305. The zero-order chi connectivity index (χ0) is 18.9. The van der Waals surface area contributed by atoms with Crippen LogP contribution in [0.1, 0.15) is 0 Å². The lowest BCUT2D eigenvalue weighted by Gasteiger charge is -2.05. The molecule has 0 saturated carbocycles. The molecule has 0 spiro atoms. The van der Waals surface area contributed by atoms with E-state index < -0.39 is 11.0 Å². The van der Waals surface area contributed by atoms with Crippen molar-refractivity contribution >= 4 is 61.1 Å². The first kappa shape index (κ1) is 17.6. The predicted molar refractivity (Wildman–Crippen MR) is 117 cm³/mol. The largest absolute Gasteiger partial charge is 0.263 e. The molecular formula is C18H12N5OS4+. The van der Waals surface area contributed by atoms with Crippen molar-refractivity contribution in [2.45, 2.75) is 4.21 Å². The van der Waals surface area contributed by atoms with E-state index in [0.29, 0.717) is 0 Å². The van der Waals surface area contributed by atoms with Gasteiger partial charge in [-0.3, -0.25) is 4.98 Å². The molecular weight excluding hydrogens is 431 g/mol. The van der Waals surface area contributed by atoms with E-state index in [1.165, 1.54) is 22.9 Å². The molecule has 28 heavy (non-hydrogen) atoms. The predicted octanol–water partition coefficient (Wildman–Crippen LogP) is 5.02. The highest BCUT2D eigenvalue weighted by atomic mass is 32.2. The summed E-state index contributed by atoms with van der Waals surface area (Å²) in [5.74, 6) is 0. The Morgan fingerprint density at radius 3 is 2.75 bits per heavy atom. The number of thiazole rings is 1. The van der Waals surface area contributed by atoms with Crippen LogP contribution in [0, 0.1) is 0 Å². The maximum absolute atomic E-state index is 12.9. The third-order valence-corrected chi connectivity index (χ3v) is 8.52. The SMILES string of the molecule is O=[SH+](Nc1ccccc1-c1nc2ccncc2s1)c1ccc(-c2cnns2)s1. The summed E-state index contributed by atoms with van der Waals surface area (Å²) in [6, 6.07) is 13.5. The number of benzene rings is 1. The molecule has 0 aliphatic heterocycles. The van der Waals surface area contributed by atoms with E-state index in [9.17, 15) is 4.21 Å². The number of anilines is 1. The molecule has 0 radical (unpaired) electrons. The standard InChI is InChI=1S/C18H11N5OS4/c24-28(17-6-5-14(25-17)16-10-20-23-27-16)22-12-4-2-1-3-11(12)18-21-13-7-8-19-9-15(13)26-18/h1-10H,(H,22,24)/p+1. The summed E-state index contributed by atoms with van der Waals surface area (Å²) >= 11 is 4.39. The highest BCUT2D eigenvalue weighted by Crippen LogP contribution is 2.36. The number of nitrogens with one attached hydrogen (secondary N) is 1. The molecule has 1 unspecified atom stereocenters. The number of aromatic nitrogens is 4. The number of hydrogen-bond donors (Lipinski definition) is 1. The fourth-order valence-electron chi connectivity index (χ4n) is 2.67. The monoisotopic (exact) mass is 442 g/mol. The van der Waals surface area contributed by atoms with Gasteiger partial charge in [-0.15, -0.1) is 16.4 Å². The lowest BCUT2D eigenvalue weighted by atomic mass is 10.2. The second-order valence-corrected chi connectivity index (χ2v) is 10.2. The number of para-hydroxylation sites is 1. The Labute approximate surface area is 174 Å². The van der Waals surface area contributed by atoms with Crippen molar-refractivity contribution in [3.05, 3.63) is 61.1 Å². The summed E-state index contributed by atoms with van der Waals surface area (Å²) in [5.41, 5.74) is 2.63. The lowest BCUT2D eigenvalue weighted by molar-refractivity contribution is 0.599. The van der Waals surface area contributed by atoms with Crippen LogP contribution in [0.15, 0.2) is 65.3 Å². The van der Waals surface area contributed by atoms with Gasteiger partial charge in [0.1, 0.15) is 5.01 Å². The number of nitrogens with zero attached hydrogens (tertiary/aromatic N) is 4. The molecule has 0 bridgehead atoms. The first-order valence-electron chi connectivity index (χ1n) is 8.19. The van der Waals surface area contributed by atoms with Gasteiger partial charge in [0.25, 0.3) is 0 Å². The summed E-state index contributed by atoms with van der Waals surface area (Å²) in [7, 11) is -1.79. The van der Waals surface area contributed by atoms with E-state index in [1.807, 2.05) is 48.7 Å². The van der Waals surface area contributed by atoms with Gasteiger partial charge < -0.3 is 0 Å². The van der Waals surface area contributed by atoms with Crippen LogP contribution in [0.5, 0.6) is 0 Å². The molecule has 0 aliphatic carbocycles. The second-order valence-electron chi connectivity index (χ2n) is 5.73. The average Bonchev–Trinajstić information content (AvgIpc) is 3.47. The number of thiol groups is 1. The first-order valence-corrected chi connectivity index (χ1v) is 11.9. The highest BCUT2D eigenvalue weighted by molar-refractivity contribution is 7.88. The number of fused-ring (bicyclic) bond motifs is 1. The van der Waals surface area contributed by atoms with Crippen LogP contribution in [-0.4, -0.2) is 19.6 Å². The minimum absolute atomic E-state index is 0.779. The van der Waals surface area contributed by atoms with Gasteiger partial charge in [-0.25, -0.2) is 9.71 Å². The first-order chi connectivity index (χ1) is 13.8. The third-order valence-electron chi connectivity index (χ3n) is 3.97. The zero-order valence-corrected chi connectivity index (χ0v) is 17.5. The van der Waals surface area contributed by atoms with Gasteiger partial charge >= 0.3 is 0 Å². The average molecular weight is 443 g/mol.